The Kier molecular flexibility index (Phi) is 4.23. The van der Waals surface area contributed by atoms with E-state index in [9.17, 15) is 0 Å². The van der Waals surface area contributed by atoms with E-state index in [1.54, 1.807) is 0 Å². The minimum atomic E-state index is 0.592. The average Bonchev–Trinajstić information content (AvgIpc) is 2.13. The fraction of sp³-hybridized carbons (Fsp3) is 0.600. The molecule has 1 aromatic rings. The SMILES string of the molecule is Cc1c(Br)c(C)c(C(C)C)c(C)c1C(C)C. The lowest BCUT2D eigenvalue weighted by molar-refractivity contribution is 0.800. The van der Waals surface area contributed by atoms with Gasteiger partial charge in [-0.3, -0.25) is 0 Å². The van der Waals surface area contributed by atoms with Crippen molar-refractivity contribution in [2.75, 3.05) is 0 Å². The summed E-state index contributed by atoms with van der Waals surface area (Å²) >= 11 is 3.75. The van der Waals surface area contributed by atoms with Crippen LogP contribution in [0.5, 0.6) is 0 Å². The summed E-state index contributed by atoms with van der Waals surface area (Å²) in [5.41, 5.74) is 7.34. The van der Waals surface area contributed by atoms with Crippen molar-refractivity contribution in [1.29, 1.82) is 0 Å². The first-order chi connectivity index (χ1) is 7.29. The van der Waals surface area contributed by atoms with Gasteiger partial charge in [-0.15, -0.1) is 0 Å². The summed E-state index contributed by atoms with van der Waals surface area (Å²) in [6, 6.07) is 0. The molecule has 16 heavy (non-hydrogen) atoms. The summed E-state index contributed by atoms with van der Waals surface area (Å²) in [5, 5.41) is 0. The van der Waals surface area contributed by atoms with Gasteiger partial charge in [0.25, 0.3) is 0 Å². The molecule has 1 heteroatoms. The zero-order valence-electron chi connectivity index (χ0n) is 11.5. The quantitative estimate of drug-likeness (QED) is 0.660. The Morgan fingerprint density at radius 1 is 0.688 bits per heavy atom. The molecule has 0 unspecified atom stereocenters. The smallest absolute Gasteiger partial charge is 0.0239 e. The van der Waals surface area contributed by atoms with E-state index in [0.29, 0.717) is 11.8 Å². The molecular weight excluding hydrogens is 260 g/mol. The van der Waals surface area contributed by atoms with Crippen LogP contribution in [-0.2, 0) is 0 Å². The van der Waals surface area contributed by atoms with Gasteiger partial charge in [-0.05, 0) is 60.4 Å². The van der Waals surface area contributed by atoms with Gasteiger partial charge in [0, 0.05) is 4.47 Å². The lowest BCUT2D eigenvalue weighted by Crippen LogP contribution is -2.06. The van der Waals surface area contributed by atoms with Crippen LogP contribution in [0.4, 0.5) is 0 Å². The summed E-state index contributed by atoms with van der Waals surface area (Å²) in [6.07, 6.45) is 0. The highest BCUT2D eigenvalue weighted by Gasteiger charge is 2.18. The third kappa shape index (κ3) is 2.20. The van der Waals surface area contributed by atoms with Gasteiger partial charge in [0.05, 0.1) is 0 Å². The molecule has 0 N–H and O–H groups in total. The van der Waals surface area contributed by atoms with E-state index in [1.807, 2.05) is 0 Å². The highest BCUT2D eigenvalue weighted by molar-refractivity contribution is 9.10. The maximum Gasteiger partial charge on any atom is 0.0239 e. The molecule has 0 nitrogen and oxygen atoms in total. The molecule has 0 heterocycles. The molecule has 0 aliphatic carbocycles. The van der Waals surface area contributed by atoms with Crippen molar-refractivity contribution < 1.29 is 0 Å². The van der Waals surface area contributed by atoms with E-state index < -0.39 is 0 Å². The zero-order chi connectivity index (χ0) is 12.6. The molecule has 0 aliphatic heterocycles. The molecule has 0 fully saturated rings. The fourth-order valence-electron chi connectivity index (χ4n) is 2.96. The highest BCUT2D eigenvalue weighted by atomic mass is 79.9. The number of benzene rings is 1. The Bertz CT molecular complexity index is 365. The van der Waals surface area contributed by atoms with Gasteiger partial charge in [0.1, 0.15) is 0 Å². The van der Waals surface area contributed by atoms with Crippen LogP contribution in [0.3, 0.4) is 0 Å². The molecule has 0 bridgehead atoms. The number of hydrogen-bond acceptors (Lipinski definition) is 0. The van der Waals surface area contributed by atoms with E-state index in [0.717, 1.165) is 0 Å². The third-order valence-electron chi connectivity index (χ3n) is 3.43. The maximum atomic E-state index is 3.75. The molecule has 90 valence electrons. The van der Waals surface area contributed by atoms with Crippen LogP contribution in [0.2, 0.25) is 0 Å². The molecule has 1 rings (SSSR count). The summed E-state index contributed by atoms with van der Waals surface area (Å²) in [4.78, 5) is 0. The molecular formula is C15H23Br. The maximum absolute atomic E-state index is 3.75. The monoisotopic (exact) mass is 282 g/mol. The number of rotatable bonds is 2. The number of halogens is 1. The van der Waals surface area contributed by atoms with E-state index in [4.69, 9.17) is 0 Å². The second-order valence-corrected chi connectivity index (χ2v) is 6.12. The summed E-state index contributed by atoms with van der Waals surface area (Å²) < 4.78 is 1.30. The van der Waals surface area contributed by atoms with Crippen LogP contribution < -0.4 is 0 Å². The van der Waals surface area contributed by atoms with Gasteiger partial charge in [-0.2, -0.15) is 0 Å². The van der Waals surface area contributed by atoms with E-state index in [2.05, 4.69) is 64.4 Å². The Labute approximate surface area is 109 Å². The summed E-state index contributed by atoms with van der Waals surface area (Å²) in [7, 11) is 0. The fourth-order valence-corrected chi connectivity index (χ4v) is 3.38. The average molecular weight is 283 g/mol. The lowest BCUT2D eigenvalue weighted by Gasteiger charge is -2.24. The van der Waals surface area contributed by atoms with Gasteiger partial charge in [-0.1, -0.05) is 43.6 Å². The van der Waals surface area contributed by atoms with Crippen molar-refractivity contribution in [3.8, 4) is 0 Å². The molecule has 0 aliphatic rings. The molecule has 0 saturated heterocycles. The first-order valence-electron chi connectivity index (χ1n) is 6.08. The first kappa shape index (κ1) is 13.8. The van der Waals surface area contributed by atoms with Gasteiger partial charge >= 0.3 is 0 Å². The van der Waals surface area contributed by atoms with Crippen LogP contribution >= 0.6 is 15.9 Å². The van der Waals surface area contributed by atoms with Gasteiger partial charge in [0.2, 0.25) is 0 Å². The Morgan fingerprint density at radius 2 is 1.00 bits per heavy atom. The molecule has 0 saturated carbocycles. The minimum Gasteiger partial charge on any atom is -0.0587 e. The van der Waals surface area contributed by atoms with E-state index in [1.165, 1.54) is 32.3 Å². The van der Waals surface area contributed by atoms with Crippen LogP contribution in [0.1, 0.15) is 67.3 Å². The van der Waals surface area contributed by atoms with Crippen LogP contribution in [-0.4, -0.2) is 0 Å². The highest BCUT2D eigenvalue weighted by Crippen LogP contribution is 2.37. The molecule has 1 aromatic carbocycles. The van der Waals surface area contributed by atoms with Gasteiger partial charge < -0.3 is 0 Å². The van der Waals surface area contributed by atoms with E-state index >= 15 is 0 Å². The third-order valence-corrected chi connectivity index (χ3v) is 4.62. The van der Waals surface area contributed by atoms with Gasteiger partial charge in [0.15, 0.2) is 0 Å². The van der Waals surface area contributed by atoms with Crippen molar-refractivity contribution in [3.63, 3.8) is 0 Å². The van der Waals surface area contributed by atoms with Crippen molar-refractivity contribution >= 4 is 15.9 Å². The predicted molar refractivity (Wildman–Crippen MR) is 76.5 cm³/mol. The lowest BCUT2D eigenvalue weighted by atomic mass is 9.84. The predicted octanol–water partition coefficient (Wildman–Crippen LogP) is 5.62. The Morgan fingerprint density at radius 3 is 1.25 bits per heavy atom. The first-order valence-corrected chi connectivity index (χ1v) is 6.87. The summed E-state index contributed by atoms with van der Waals surface area (Å²) in [6.45, 7) is 15.8. The molecule has 0 atom stereocenters. The minimum absolute atomic E-state index is 0.592. The molecule has 0 radical (unpaired) electrons. The van der Waals surface area contributed by atoms with Crippen LogP contribution in [0.25, 0.3) is 0 Å². The van der Waals surface area contributed by atoms with Crippen LogP contribution in [0, 0.1) is 20.8 Å². The number of hydrogen-bond donors (Lipinski definition) is 0. The van der Waals surface area contributed by atoms with Crippen molar-refractivity contribution in [1.82, 2.24) is 0 Å². The molecule has 0 aromatic heterocycles. The van der Waals surface area contributed by atoms with Gasteiger partial charge in [-0.25, -0.2) is 0 Å². The second kappa shape index (κ2) is 4.91. The molecule has 0 spiro atoms. The summed E-state index contributed by atoms with van der Waals surface area (Å²) in [5.74, 6) is 1.18. The standard InChI is InChI=1S/C15H23Br/c1-8(2)13-10(5)14(9(3)4)12(7)15(16)11(13)6/h8-9H,1-7H3. The zero-order valence-corrected chi connectivity index (χ0v) is 13.1. The molecule has 0 amide bonds. The van der Waals surface area contributed by atoms with Crippen molar-refractivity contribution in [2.24, 2.45) is 0 Å². The Hall–Kier alpha value is -0.300. The topological polar surface area (TPSA) is 0 Å². The Balaban J connectivity index is 3.66. The van der Waals surface area contributed by atoms with Crippen molar-refractivity contribution in [2.45, 2.75) is 60.3 Å². The van der Waals surface area contributed by atoms with Crippen molar-refractivity contribution in [3.05, 3.63) is 32.3 Å². The van der Waals surface area contributed by atoms with Crippen LogP contribution in [0.15, 0.2) is 4.47 Å². The van der Waals surface area contributed by atoms with E-state index in [-0.39, 0.29) is 0 Å². The largest absolute Gasteiger partial charge is 0.0587 e. The second-order valence-electron chi connectivity index (χ2n) is 5.33. The normalized spacial score (nSPS) is 11.6.